The Kier molecular flexibility index (Phi) is 5.56. The first-order valence-corrected chi connectivity index (χ1v) is 7.78. The molecule has 0 aliphatic carbocycles. The Balaban J connectivity index is 2.49. The summed E-state index contributed by atoms with van der Waals surface area (Å²) in [6.45, 7) is 2.83. The number of halogens is 3. The molecule has 0 amide bonds. The topological polar surface area (TPSA) is 50.9 Å². The molecule has 21 heavy (non-hydrogen) atoms. The Labute approximate surface area is 136 Å². The number of anilines is 1. The fourth-order valence-electron chi connectivity index (χ4n) is 2.13. The normalized spacial score (nSPS) is 12.4. The fraction of sp³-hybridized carbons (Fsp3) is 0.267. The summed E-state index contributed by atoms with van der Waals surface area (Å²) >= 11 is 9.33. The fourth-order valence-corrected chi connectivity index (χ4v) is 2.78. The van der Waals surface area contributed by atoms with Gasteiger partial charge in [-0.25, -0.2) is 9.37 Å². The van der Waals surface area contributed by atoms with Gasteiger partial charge in [0.05, 0.1) is 11.1 Å². The van der Waals surface area contributed by atoms with Crippen LogP contribution in [0.2, 0.25) is 5.02 Å². The summed E-state index contributed by atoms with van der Waals surface area (Å²) in [4.78, 5) is 4.08. The van der Waals surface area contributed by atoms with Gasteiger partial charge in [-0.2, -0.15) is 0 Å². The number of rotatable bonds is 5. The Morgan fingerprint density at radius 3 is 2.81 bits per heavy atom. The van der Waals surface area contributed by atoms with Crippen molar-refractivity contribution in [3.8, 4) is 0 Å². The van der Waals surface area contributed by atoms with E-state index < -0.39 is 0 Å². The van der Waals surface area contributed by atoms with Crippen molar-refractivity contribution in [3.05, 3.63) is 56.9 Å². The molecule has 0 fully saturated rings. The molecule has 0 spiro atoms. The summed E-state index contributed by atoms with van der Waals surface area (Å²) in [7, 11) is 0. The van der Waals surface area contributed by atoms with E-state index in [1.54, 1.807) is 6.07 Å². The molecule has 2 aromatic rings. The van der Waals surface area contributed by atoms with E-state index in [9.17, 15) is 4.39 Å². The molecule has 1 atom stereocenters. The first-order chi connectivity index (χ1) is 10.0. The first-order valence-electron chi connectivity index (χ1n) is 6.61. The van der Waals surface area contributed by atoms with E-state index in [1.807, 2.05) is 6.07 Å². The van der Waals surface area contributed by atoms with Crippen molar-refractivity contribution < 1.29 is 4.39 Å². The average molecular weight is 373 g/mol. The standard InChI is InChI=1S/C15H16BrClFN3/c1-2-3-20-14(9-4-10(16)6-12(18)5-9)13-7-11(17)8-21-15(13)19/h4-8,14,20H,2-3H2,1H3,(H2,19,21). The molecule has 0 bridgehead atoms. The van der Waals surface area contributed by atoms with Crippen LogP contribution in [0.3, 0.4) is 0 Å². The molecule has 0 aliphatic heterocycles. The largest absolute Gasteiger partial charge is 0.383 e. The molecule has 3 N–H and O–H groups in total. The van der Waals surface area contributed by atoms with Gasteiger partial charge in [-0.15, -0.1) is 0 Å². The van der Waals surface area contributed by atoms with Crippen LogP contribution in [-0.2, 0) is 0 Å². The van der Waals surface area contributed by atoms with E-state index in [0.29, 0.717) is 15.3 Å². The van der Waals surface area contributed by atoms with E-state index >= 15 is 0 Å². The maximum absolute atomic E-state index is 13.7. The third-order valence-corrected chi connectivity index (χ3v) is 3.71. The van der Waals surface area contributed by atoms with Gasteiger partial charge in [0.1, 0.15) is 11.6 Å². The molecule has 0 saturated heterocycles. The second-order valence-corrected chi connectivity index (χ2v) is 6.07. The number of hydrogen-bond donors (Lipinski definition) is 2. The van der Waals surface area contributed by atoms with Crippen molar-refractivity contribution in [1.29, 1.82) is 0 Å². The highest BCUT2D eigenvalue weighted by Gasteiger charge is 2.18. The molecule has 2 rings (SSSR count). The number of nitrogen functional groups attached to an aromatic ring is 1. The minimum Gasteiger partial charge on any atom is -0.383 e. The highest BCUT2D eigenvalue weighted by atomic mass is 79.9. The number of benzene rings is 1. The van der Waals surface area contributed by atoms with Gasteiger partial charge in [0, 0.05) is 16.2 Å². The summed E-state index contributed by atoms with van der Waals surface area (Å²) in [5.41, 5.74) is 7.47. The van der Waals surface area contributed by atoms with Gasteiger partial charge < -0.3 is 11.1 Å². The van der Waals surface area contributed by atoms with Gasteiger partial charge >= 0.3 is 0 Å². The minimum atomic E-state index is -0.309. The van der Waals surface area contributed by atoms with Crippen LogP contribution in [0.25, 0.3) is 0 Å². The zero-order valence-electron chi connectivity index (χ0n) is 11.5. The number of aromatic nitrogens is 1. The summed E-state index contributed by atoms with van der Waals surface area (Å²) in [5.74, 6) is 0.0737. The highest BCUT2D eigenvalue weighted by Crippen LogP contribution is 2.30. The monoisotopic (exact) mass is 371 g/mol. The second kappa shape index (κ2) is 7.20. The van der Waals surface area contributed by atoms with Gasteiger partial charge in [-0.05, 0) is 42.8 Å². The lowest BCUT2D eigenvalue weighted by atomic mass is 9.99. The van der Waals surface area contributed by atoms with Crippen LogP contribution in [0.1, 0.15) is 30.5 Å². The Morgan fingerprint density at radius 1 is 1.38 bits per heavy atom. The first kappa shape index (κ1) is 16.2. The van der Waals surface area contributed by atoms with Crippen molar-refractivity contribution in [1.82, 2.24) is 10.3 Å². The summed E-state index contributed by atoms with van der Waals surface area (Å²) in [5, 5.41) is 3.86. The molecular weight excluding hydrogens is 357 g/mol. The lowest BCUT2D eigenvalue weighted by molar-refractivity contribution is 0.585. The number of nitrogens with one attached hydrogen (secondary N) is 1. The molecular formula is C15H16BrClFN3. The van der Waals surface area contributed by atoms with Crippen LogP contribution in [-0.4, -0.2) is 11.5 Å². The molecule has 0 radical (unpaired) electrons. The SMILES string of the molecule is CCCNC(c1cc(F)cc(Br)c1)c1cc(Cl)cnc1N. The number of nitrogens with two attached hydrogens (primary N) is 1. The van der Waals surface area contributed by atoms with Crippen molar-refractivity contribution in [2.75, 3.05) is 12.3 Å². The van der Waals surface area contributed by atoms with Crippen LogP contribution in [0.4, 0.5) is 10.2 Å². The van der Waals surface area contributed by atoms with Crippen LogP contribution in [0, 0.1) is 5.82 Å². The number of nitrogens with zero attached hydrogens (tertiary/aromatic N) is 1. The van der Waals surface area contributed by atoms with E-state index in [2.05, 4.69) is 33.2 Å². The molecule has 6 heteroatoms. The molecule has 1 aromatic heterocycles. The van der Waals surface area contributed by atoms with Crippen LogP contribution >= 0.6 is 27.5 Å². The average Bonchev–Trinajstić information content (AvgIpc) is 2.42. The molecule has 1 aromatic carbocycles. The van der Waals surface area contributed by atoms with Gasteiger partial charge in [0.2, 0.25) is 0 Å². The highest BCUT2D eigenvalue weighted by molar-refractivity contribution is 9.10. The summed E-state index contributed by atoms with van der Waals surface area (Å²) in [6.07, 6.45) is 2.44. The number of pyridine rings is 1. The Hall–Kier alpha value is -1.17. The third kappa shape index (κ3) is 4.15. The quantitative estimate of drug-likeness (QED) is 0.822. The molecule has 1 unspecified atom stereocenters. The smallest absolute Gasteiger partial charge is 0.128 e. The second-order valence-electron chi connectivity index (χ2n) is 4.72. The molecule has 1 heterocycles. The summed E-state index contributed by atoms with van der Waals surface area (Å²) < 4.78 is 14.4. The van der Waals surface area contributed by atoms with E-state index in [0.717, 1.165) is 24.1 Å². The van der Waals surface area contributed by atoms with E-state index in [4.69, 9.17) is 17.3 Å². The zero-order chi connectivity index (χ0) is 15.4. The predicted octanol–water partition coefficient (Wildman–Crippen LogP) is 4.31. The minimum absolute atomic E-state index is 0.261. The van der Waals surface area contributed by atoms with E-state index in [1.165, 1.54) is 18.3 Å². The van der Waals surface area contributed by atoms with Crippen molar-refractivity contribution >= 4 is 33.3 Å². The van der Waals surface area contributed by atoms with E-state index in [-0.39, 0.29) is 11.9 Å². The third-order valence-electron chi connectivity index (χ3n) is 3.04. The Morgan fingerprint density at radius 2 is 2.14 bits per heavy atom. The van der Waals surface area contributed by atoms with Crippen molar-refractivity contribution in [3.63, 3.8) is 0 Å². The predicted molar refractivity (Wildman–Crippen MR) is 87.9 cm³/mol. The van der Waals surface area contributed by atoms with Gasteiger partial charge in [-0.1, -0.05) is 34.5 Å². The maximum Gasteiger partial charge on any atom is 0.128 e. The van der Waals surface area contributed by atoms with Crippen molar-refractivity contribution in [2.24, 2.45) is 0 Å². The van der Waals surface area contributed by atoms with Crippen LogP contribution < -0.4 is 11.1 Å². The van der Waals surface area contributed by atoms with Crippen molar-refractivity contribution in [2.45, 2.75) is 19.4 Å². The lowest BCUT2D eigenvalue weighted by Crippen LogP contribution is -2.24. The van der Waals surface area contributed by atoms with Crippen LogP contribution in [0.5, 0.6) is 0 Å². The number of hydrogen-bond acceptors (Lipinski definition) is 3. The summed E-state index contributed by atoms with van der Waals surface area (Å²) in [6, 6.07) is 6.26. The molecule has 0 aliphatic rings. The Bertz CT molecular complexity index is 616. The van der Waals surface area contributed by atoms with Crippen LogP contribution in [0.15, 0.2) is 34.9 Å². The lowest BCUT2D eigenvalue weighted by Gasteiger charge is -2.21. The molecule has 3 nitrogen and oxygen atoms in total. The van der Waals surface area contributed by atoms with Gasteiger partial charge in [0.25, 0.3) is 0 Å². The molecule has 0 saturated carbocycles. The zero-order valence-corrected chi connectivity index (χ0v) is 13.9. The molecule has 112 valence electrons. The maximum atomic E-state index is 13.7. The van der Waals surface area contributed by atoms with Gasteiger partial charge in [0.15, 0.2) is 0 Å². The van der Waals surface area contributed by atoms with Gasteiger partial charge in [-0.3, -0.25) is 0 Å².